The van der Waals surface area contributed by atoms with E-state index in [9.17, 15) is 4.79 Å². The van der Waals surface area contributed by atoms with Crippen molar-refractivity contribution < 1.29 is 14.3 Å². The van der Waals surface area contributed by atoms with Gasteiger partial charge in [0.05, 0.1) is 6.21 Å². The molecule has 0 unspecified atom stereocenters. The number of hydrazone groups is 1. The van der Waals surface area contributed by atoms with E-state index in [-0.39, 0.29) is 5.91 Å². The predicted molar refractivity (Wildman–Crippen MR) is 114 cm³/mol. The quantitative estimate of drug-likeness (QED) is 0.428. The lowest BCUT2D eigenvalue weighted by Crippen LogP contribution is -2.33. The maximum absolute atomic E-state index is 12.1. The number of nitrogens with zero attached hydrogens (tertiary/aromatic N) is 1. The molecule has 3 rings (SSSR count). The fourth-order valence-corrected chi connectivity index (χ4v) is 2.63. The first-order valence-electron chi connectivity index (χ1n) is 9.13. The molecule has 1 N–H and O–H groups in total. The summed E-state index contributed by atoms with van der Waals surface area (Å²) in [7, 11) is 0. The first-order valence-corrected chi connectivity index (χ1v) is 9.50. The molecule has 0 aromatic heterocycles. The van der Waals surface area contributed by atoms with Gasteiger partial charge in [-0.25, -0.2) is 5.43 Å². The Bertz CT molecular complexity index is 959. The number of benzene rings is 3. The van der Waals surface area contributed by atoms with Crippen molar-refractivity contribution in [2.24, 2.45) is 5.10 Å². The molecular weight excluding hydrogens is 388 g/mol. The van der Waals surface area contributed by atoms with Crippen molar-refractivity contribution in [2.75, 3.05) is 0 Å². The molecule has 0 saturated heterocycles. The topological polar surface area (TPSA) is 59.9 Å². The summed E-state index contributed by atoms with van der Waals surface area (Å²) in [5.41, 5.74) is 4.26. The summed E-state index contributed by atoms with van der Waals surface area (Å²) in [5, 5.41) is 4.48. The molecule has 1 amide bonds. The zero-order chi connectivity index (χ0) is 20.5. The van der Waals surface area contributed by atoms with Gasteiger partial charge in [0.25, 0.3) is 5.91 Å². The Morgan fingerprint density at radius 2 is 1.66 bits per heavy atom. The summed E-state index contributed by atoms with van der Waals surface area (Å²) < 4.78 is 11.4. The third kappa shape index (κ3) is 6.36. The number of nitrogens with one attached hydrogen (secondary N) is 1. The molecule has 3 aromatic rings. The van der Waals surface area contributed by atoms with Crippen LogP contribution < -0.4 is 14.9 Å². The van der Waals surface area contributed by atoms with Gasteiger partial charge >= 0.3 is 0 Å². The van der Waals surface area contributed by atoms with Gasteiger partial charge < -0.3 is 9.47 Å². The van der Waals surface area contributed by atoms with Crippen molar-refractivity contribution in [1.29, 1.82) is 0 Å². The Morgan fingerprint density at radius 1 is 1.00 bits per heavy atom. The van der Waals surface area contributed by atoms with Crippen LogP contribution in [0.5, 0.6) is 11.5 Å². The molecule has 1 atom stereocenters. The highest BCUT2D eigenvalue weighted by atomic mass is 35.5. The van der Waals surface area contributed by atoms with Crippen molar-refractivity contribution >= 4 is 23.7 Å². The molecule has 0 fully saturated rings. The molecule has 0 aliphatic rings. The lowest BCUT2D eigenvalue weighted by atomic mass is 10.2. The van der Waals surface area contributed by atoms with Crippen molar-refractivity contribution in [3.63, 3.8) is 0 Å². The van der Waals surface area contributed by atoms with Crippen LogP contribution in [0, 0.1) is 0 Å². The average Bonchev–Trinajstić information content (AvgIpc) is 2.75. The lowest BCUT2D eigenvalue weighted by molar-refractivity contribution is -0.127. The minimum Gasteiger partial charge on any atom is -0.489 e. The minimum absolute atomic E-state index is 0.363. The second-order valence-corrected chi connectivity index (χ2v) is 6.67. The molecule has 29 heavy (non-hydrogen) atoms. The summed E-state index contributed by atoms with van der Waals surface area (Å²) in [6, 6.07) is 24.3. The third-order valence-corrected chi connectivity index (χ3v) is 4.38. The summed E-state index contributed by atoms with van der Waals surface area (Å²) in [5.74, 6) is 0.926. The van der Waals surface area contributed by atoms with Gasteiger partial charge in [-0.05, 0) is 42.8 Å². The number of ether oxygens (including phenoxy) is 2. The predicted octanol–water partition coefficient (Wildman–Crippen LogP) is 4.84. The summed E-state index contributed by atoms with van der Waals surface area (Å²) >= 11 is 6.04. The van der Waals surface area contributed by atoms with Gasteiger partial charge in [-0.2, -0.15) is 5.10 Å². The highest BCUT2D eigenvalue weighted by molar-refractivity contribution is 6.33. The van der Waals surface area contributed by atoms with E-state index in [0.717, 1.165) is 11.3 Å². The van der Waals surface area contributed by atoms with Gasteiger partial charge in [-0.15, -0.1) is 0 Å². The van der Waals surface area contributed by atoms with Gasteiger partial charge in [0.2, 0.25) is 0 Å². The molecule has 0 spiro atoms. The average molecular weight is 409 g/mol. The normalized spacial score (nSPS) is 11.8. The minimum atomic E-state index is -0.713. The van der Waals surface area contributed by atoms with Crippen molar-refractivity contribution in [2.45, 2.75) is 19.6 Å². The molecular formula is C23H21ClN2O3. The van der Waals surface area contributed by atoms with E-state index in [1.807, 2.05) is 42.5 Å². The monoisotopic (exact) mass is 408 g/mol. The molecule has 148 valence electrons. The smallest absolute Gasteiger partial charge is 0.280 e. The summed E-state index contributed by atoms with van der Waals surface area (Å²) in [4.78, 5) is 12.1. The molecule has 3 aromatic carbocycles. The van der Waals surface area contributed by atoms with Gasteiger partial charge in [-0.1, -0.05) is 60.1 Å². The fourth-order valence-electron chi connectivity index (χ4n) is 2.45. The first-order chi connectivity index (χ1) is 14.1. The van der Waals surface area contributed by atoms with Crippen molar-refractivity contribution in [3.8, 4) is 11.5 Å². The Labute approximate surface area is 174 Å². The van der Waals surface area contributed by atoms with Crippen LogP contribution in [0.4, 0.5) is 0 Å². The van der Waals surface area contributed by atoms with Crippen LogP contribution in [-0.2, 0) is 11.4 Å². The van der Waals surface area contributed by atoms with Crippen LogP contribution in [0.2, 0.25) is 5.02 Å². The number of halogens is 1. The molecule has 5 nitrogen and oxygen atoms in total. The van der Waals surface area contributed by atoms with E-state index >= 15 is 0 Å². The summed E-state index contributed by atoms with van der Waals surface area (Å²) in [6.45, 7) is 2.14. The van der Waals surface area contributed by atoms with E-state index in [2.05, 4.69) is 10.5 Å². The SMILES string of the molecule is C[C@@H](Oc1ccc(OCc2ccccc2)cc1)C(=O)N/N=C\c1ccccc1Cl. The highest BCUT2D eigenvalue weighted by Gasteiger charge is 2.14. The second kappa shape index (κ2) is 10.3. The van der Waals surface area contributed by atoms with Crippen LogP contribution in [0.25, 0.3) is 0 Å². The van der Waals surface area contributed by atoms with Crippen LogP contribution >= 0.6 is 11.6 Å². The van der Waals surface area contributed by atoms with E-state index in [4.69, 9.17) is 21.1 Å². The van der Waals surface area contributed by atoms with E-state index in [0.29, 0.717) is 22.9 Å². The molecule has 0 aliphatic carbocycles. The van der Waals surface area contributed by atoms with Crippen LogP contribution in [0.1, 0.15) is 18.1 Å². The highest BCUT2D eigenvalue weighted by Crippen LogP contribution is 2.19. The number of carbonyl (C=O) groups excluding carboxylic acids is 1. The Hall–Kier alpha value is -3.31. The Balaban J connectivity index is 1.47. The molecule has 0 radical (unpaired) electrons. The van der Waals surface area contributed by atoms with Crippen molar-refractivity contribution in [1.82, 2.24) is 5.43 Å². The number of amides is 1. The van der Waals surface area contributed by atoms with Crippen LogP contribution in [0.15, 0.2) is 84.0 Å². The van der Waals surface area contributed by atoms with E-state index in [1.54, 1.807) is 43.3 Å². The van der Waals surface area contributed by atoms with E-state index in [1.165, 1.54) is 6.21 Å². The molecule has 0 aliphatic heterocycles. The van der Waals surface area contributed by atoms with Crippen molar-refractivity contribution in [3.05, 3.63) is 95.0 Å². The molecule has 6 heteroatoms. The Kier molecular flexibility index (Phi) is 7.25. The van der Waals surface area contributed by atoms with Gasteiger partial charge in [-0.3, -0.25) is 4.79 Å². The van der Waals surface area contributed by atoms with Gasteiger partial charge in [0.15, 0.2) is 6.10 Å². The lowest BCUT2D eigenvalue weighted by Gasteiger charge is -2.13. The van der Waals surface area contributed by atoms with Crippen LogP contribution in [0.3, 0.4) is 0 Å². The number of rotatable bonds is 8. The number of hydrogen-bond acceptors (Lipinski definition) is 4. The zero-order valence-corrected chi connectivity index (χ0v) is 16.7. The zero-order valence-electron chi connectivity index (χ0n) is 15.9. The maximum atomic E-state index is 12.1. The fraction of sp³-hybridized carbons (Fsp3) is 0.130. The summed E-state index contributed by atoms with van der Waals surface area (Å²) in [6.07, 6.45) is 0.778. The third-order valence-electron chi connectivity index (χ3n) is 4.04. The van der Waals surface area contributed by atoms with Gasteiger partial charge in [0.1, 0.15) is 18.1 Å². The number of carbonyl (C=O) groups is 1. The van der Waals surface area contributed by atoms with Gasteiger partial charge in [0, 0.05) is 10.6 Å². The second-order valence-electron chi connectivity index (χ2n) is 6.26. The number of hydrogen-bond donors (Lipinski definition) is 1. The molecule has 0 heterocycles. The van der Waals surface area contributed by atoms with Crippen LogP contribution in [-0.4, -0.2) is 18.2 Å². The molecule has 0 bridgehead atoms. The largest absolute Gasteiger partial charge is 0.489 e. The Morgan fingerprint density at radius 3 is 2.38 bits per heavy atom. The standard InChI is InChI=1S/C23H21ClN2O3/c1-17(23(27)26-25-15-19-9-5-6-10-22(19)24)29-21-13-11-20(12-14-21)28-16-18-7-3-2-4-8-18/h2-15,17H,16H2,1H3,(H,26,27)/b25-15-/t17-/m1/s1. The first kappa shape index (κ1) is 20.4. The maximum Gasteiger partial charge on any atom is 0.280 e. The molecule has 0 saturated carbocycles. The van der Waals surface area contributed by atoms with E-state index < -0.39 is 6.10 Å².